The lowest BCUT2D eigenvalue weighted by Crippen LogP contribution is -2.41. The van der Waals surface area contributed by atoms with Gasteiger partial charge in [0.25, 0.3) is 0 Å². The standard InChI is InChI=1S/C16H27N3/c1-11(2)13-10-14(12(3)4)19-15(18-13)16(17)8-6-5-7-9-16/h10-12H,5-9,17H2,1-4H3. The van der Waals surface area contributed by atoms with Crippen molar-refractivity contribution in [3.8, 4) is 0 Å². The zero-order chi connectivity index (χ0) is 14.0. The van der Waals surface area contributed by atoms with Crippen molar-refractivity contribution in [2.24, 2.45) is 5.73 Å². The van der Waals surface area contributed by atoms with E-state index in [9.17, 15) is 0 Å². The molecule has 1 heterocycles. The van der Waals surface area contributed by atoms with E-state index in [2.05, 4.69) is 33.8 Å². The van der Waals surface area contributed by atoms with Crippen LogP contribution in [0.15, 0.2) is 6.07 Å². The van der Waals surface area contributed by atoms with Crippen molar-refractivity contribution < 1.29 is 0 Å². The summed E-state index contributed by atoms with van der Waals surface area (Å²) in [5.74, 6) is 1.72. The Hall–Kier alpha value is -0.960. The Bertz CT molecular complexity index is 405. The average Bonchev–Trinajstić information content (AvgIpc) is 2.39. The van der Waals surface area contributed by atoms with E-state index in [1.54, 1.807) is 0 Å². The molecule has 0 bridgehead atoms. The van der Waals surface area contributed by atoms with Crippen LogP contribution in [0, 0.1) is 0 Å². The van der Waals surface area contributed by atoms with Crippen LogP contribution in [0.5, 0.6) is 0 Å². The summed E-state index contributed by atoms with van der Waals surface area (Å²) in [5, 5.41) is 0. The van der Waals surface area contributed by atoms with Crippen LogP contribution < -0.4 is 5.73 Å². The highest BCUT2D eigenvalue weighted by molar-refractivity contribution is 5.20. The topological polar surface area (TPSA) is 51.8 Å². The van der Waals surface area contributed by atoms with E-state index < -0.39 is 0 Å². The normalized spacial score (nSPS) is 19.1. The summed E-state index contributed by atoms with van der Waals surface area (Å²) in [6.45, 7) is 8.72. The zero-order valence-electron chi connectivity index (χ0n) is 12.7. The second kappa shape index (κ2) is 5.58. The minimum atomic E-state index is -0.299. The Morgan fingerprint density at radius 1 is 0.947 bits per heavy atom. The fourth-order valence-electron chi connectivity index (χ4n) is 2.71. The van der Waals surface area contributed by atoms with Gasteiger partial charge in [0.1, 0.15) is 5.82 Å². The quantitative estimate of drug-likeness (QED) is 0.899. The van der Waals surface area contributed by atoms with Gasteiger partial charge in [-0.1, -0.05) is 47.0 Å². The lowest BCUT2D eigenvalue weighted by atomic mass is 9.81. The van der Waals surface area contributed by atoms with Gasteiger partial charge in [0.15, 0.2) is 0 Å². The van der Waals surface area contributed by atoms with E-state index in [0.717, 1.165) is 30.1 Å². The molecule has 2 N–H and O–H groups in total. The predicted octanol–water partition coefficient (Wildman–Crippen LogP) is 3.84. The van der Waals surface area contributed by atoms with Crippen LogP contribution in [0.3, 0.4) is 0 Å². The average molecular weight is 261 g/mol. The molecule has 0 unspecified atom stereocenters. The minimum Gasteiger partial charge on any atom is -0.319 e. The molecule has 1 fully saturated rings. The maximum atomic E-state index is 6.59. The second-order valence-corrected chi connectivity index (χ2v) is 6.57. The largest absolute Gasteiger partial charge is 0.319 e. The Balaban J connectivity index is 2.43. The molecule has 1 saturated carbocycles. The van der Waals surface area contributed by atoms with Crippen LogP contribution >= 0.6 is 0 Å². The third-order valence-corrected chi connectivity index (χ3v) is 4.14. The predicted molar refractivity (Wildman–Crippen MR) is 79.2 cm³/mol. The first-order valence-electron chi connectivity index (χ1n) is 7.60. The van der Waals surface area contributed by atoms with Crippen LogP contribution in [-0.2, 0) is 5.54 Å². The number of rotatable bonds is 3. The van der Waals surface area contributed by atoms with Crippen molar-refractivity contribution in [1.29, 1.82) is 0 Å². The second-order valence-electron chi connectivity index (χ2n) is 6.57. The molecule has 0 aliphatic heterocycles. The minimum absolute atomic E-state index is 0.299. The SMILES string of the molecule is CC(C)c1cc(C(C)C)nc(C2(N)CCCCC2)n1. The van der Waals surface area contributed by atoms with Crippen molar-refractivity contribution in [2.75, 3.05) is 0 Å². The molecule has 1 aliphatic rings. The van der Waals surface area contributed by atoms with Crippen LogP contribution in [0.25, 0.3) is 0 Å². The smallest absolute Gasteiger partial charge is 0.148 e. The highest BCUT2D eigenvalue weighted by Crippen LogP contribution is 2.34. The van der Waals surface area contributed by atoms with Gasteiger partial charge in [0.2, 0.25) is 0 Å². The molecule has 0 amide bonds. The molecular weight excluding hydrogens is 234 g/mol. The van der Waals surface area contributed by atoms with Gasteiger partial charge in [-0.05, 0) is 30.7 Å². The first kappa shape index (κ1) is 14.4. The Morgan fingerprint density at radius 2 is 1.42 bits per heavy atom. The summed E-state index contributed by atoms with van der Waals surface area (Å²) in [6.07, 6.45) is 5.73. The molecule has 19 heavy (non-hydrogen) atoms. The lowest BCUT2D eigenvalue weighted by Gasteiger charge is -2.32. The summed E-state index contributed by atoms with van der Waals surface area (Å²) in [6, 6.07) is 2.14. The first-order chi connectivity index (χ1) is 8.92. The maximum absolute atomic E-state index is 6.59. The maximum Gasteiger partial charge on any atom is 0.148 e. The summed E-state index contributed by atoms with van der Waals surface area (Å²) in [4.78, 5) is 9.55. The van der Waals surface area contributed by atoms with Gasteiger partial charge in [-0.15, -0.1) is 0 Å². The van der Waals surface area contributed by atoms with E-state index >= 15 is 0 Å². The summed E-state index contributed by atoms with van der Waals surface area (Å²) < 4.78 is 0. The van der Waals surface area contributed by atoms with E-state index in [4.69, 9.17) is 15.7 Å². The molecular formula is C16H27N3. The molecule has 0 atom stereocenters. The summed E-state index contributed by atoms with van der Waals surface area (Å²) in [7, 11) is 0. The molecule has 0 saturated heterocycles. The molecule has 0 aromatic carbocycles. The first-order valence-corrected chi connectivity index (χ1v) is 7.60. The fraction of sp³-hybridized carbons (Fsp3) is 0.750. The van der Waals surface area contributed by atoms with Crippen molar-refractivity contribution in [3.63, 3.8) is 0 Å². The number of aromatic nitrogens is 2. The number of hydrogen-bond acceptors (Lipinski definition) is 3. The highest BCUT2D eigenvalue weighted by atomic mass is 15.0. The van der Waals surface area contributed by atoms with Crippen LogP contribution in [0.2, 0.25) is 0 Å². The van der Waals surface area contributed by atoms with Crippen molar-refractivity contribution >= 4 is 0 Å². The highest BCUT2D eigenvalue weighted by Gasteiger charge is 2.33. The molecule has 106 valence electrons. The molecule has 0 spiro atoms. The van der Waals surface area contributed by atoms with Gasteiger partial charge in [0.05, 0.1) is 5.54 Å². The van der Waals surface area contributed by atoms with Crippen LogP contribution in [-0.4, -0.2) is 9.97 Å². The van der Waals surface area contributed by atoms with Crippen molar-refractivity contribution in [1.82, 2.24) is 9.97 Å². The van der Waals surface area contributed by atoms with Gasteiger partial charge in [-0.2, -0.15) is 0 Å². The lowest BCUT2D eigenvalue weighted by molar-refractivity contribution is 0.285. The van der Waals surface area contributed by atoms with Gasteiger partial charge in [-0.3, -0.25) is 0 Å². The number of nitrogens with zero attached hydrogens (tertiary/aromatic N) is 2. The summed E-state index contributed by atoms with van der Waals surface area (Å²) >= 11 is 0. The zero-order valence-corrected chi connectivity index (χ0v) is 12.7. The third-order valence-electron chi connectivity index (χ3n) is 4.14. The van der Waals surface area contributed by atoms with E-state index in [1.807, 2.05) is 0 Å². The third kappa shape index (κ3) is 3.14. The molecule has 2 rings (SSSR count). The van der Waals surface area contributed by atoms with Crippen LogP contribution in [0.1, 0.15) is 88.8 Å². The Morgan fingerprint density at radius 3 is 1.84 bits per heavy atom. The molecule has 1 aliphatic carbocycles. The van der Waals surface area contributed by atoms with E-state index in [0.29, 0.717) is 11.8 Å². The monoisotopic (exact) mass is 261 g/mol. The van der Waals surface area contributed by atoms with Crippen molar-refractivity contribution in [2.45, 2.75) is 77.2 Å². The van der Waals surface area contributed by atoms with Gasteiger partial charge < -0.3 is 5.73 Å². The molecule has 1 aromatic heterocycles. The van der Waals surface area contributed by atoms with Crippen molar-refractivity contribution in [3.05, 3.63) is 23.3 Å². The fourth-order valence-corrected chi connectivity index (χ4v) is 2.71. The van der Waals surface area contributed by atoms with E-state index in [1.165, 1.54) is 19.3 Å². The van der Waals surface area contributed by atoms with Crippen LogP contribution in [0.4, 0.5) is 0 Å². The molecule has 3 nitrogen and oxygen atoms in total. The van der Waals surface area contributed by atoms with Gasteiger partial charge in [0, 0.05) is 11.4 Å². The molecule has 0 radical (unpaired) electrons. The number of nitrogens with two attached hydrogens (primary N) is 1. The van der Waals surface area contributed by atoms with Gasteiger partial charge in [-0.25, -0.2) is 9.97 Å². The Kier molecular flexibility index (Phi) is 4.24. The van der Waals surface area contributed by atoms with E-state index in [-0.39, 0.29) is 5.54 Å². The molecule has 3 heteroatoms. The number of hydrogen-bond donors (Lipinski definition) is 1. The molecule has 1 aromatic rings. The van der Waals surface area contributed by atoms with Gasteiger partial charge >= 0.3 is 0 Å². The summed E-state index contributed by atoms with van der Waals surface area (Å²) in [5.41, 5.74) is 8.55. The Labute approximate surface area is 117 Å².